The number of rotatable bonds is 7. The minimum absolute atomic E-state index is 0.0489. The van der Waals surface area contributed by atoms with Crippen LogP contribution < -0.4 is 21.1 Å². The molecule has 2 amide bonds. The van der Waals surface area contributed by atoms with Crippen LogP contribution in [0.5, 0.6) is 5.75 Å². The highest BCUT2D eigenvalue weighted by atomic mass is 32.1. The number of carbonyl (C=O) groups is 3. The summed E-state index contributed by atoms with van der Waals surface area (Å²) >= 11 is 1.60. The average molecular weight is 651 g/mol. The molecule has 4 aromatic rings. The number of thiophene rings is 1. The molecule has 2 aliphatic carbocycles. The lowest BCUT2D eigenvalue weighted by molar-refractivity contribution is 0.0594. The molecule has 2 bridgehead atoms. The minimum Gasteiger partial charge on any atom is -0.493 e. The van der Waals surface area contributed by atoms with Crippen molar-refractivity contribution < 1.29 is 23.9 Å². The van der Waals surface area contributed by atoms with Gasteiger partial charge in [0, 0.05) is 51.8 Å². The fourth-order valence-corrected chi connectivity index (χ4v) is 8.57. The Morgan fingerprint density at radius 1 is 1.00 bits per heavy atom. The summed E-state index contributed by atoms with van der Waals surface area (Å²) in [6.45, 7) is 4.74. The third-order valence-electron chi connectivity index (χ3n) is 9.90. The summed E-state index contributed by atoms with van der Waals surface area (Å²) in [6.07, 6.45) is 5.22. The van der Waals surface area contributed by atoms with Gasteiger partial charge in [-0.25, -0.2) is 9.78 Å². The van der Waals surface area contributed by atoms with Gasteiger partial charge in [-0.05, 0) is 103 Å². The van der Waals surface area contributed by atoms with Crippen LogP contribution in [0.25, 0.3) is 21.6 Å². The van der Waals surface area contributed by atoms with Crippen molar-refractivity contribution in [1.82, 2.24) is 10.3 Å². The van der Waals surface area contributed by atoms with Crippen LogP contribution >= 0.6 is 11.3 Å². The van der Waals surface area contributed by atoms with Crippen LogP contribution in [0.1, 0.15) is 79.3 Å². The number of aromatic nitrogens is 1. The van der Waals surface area contributed by atoms with Crippen molar-refractivity contribution in [3.63, 3.8) is 0 Å². The maximum atomic E-state index is 14.3. The number of ether oxygens (including phenoxy) is 2. The molecule has 0 saturated heterocycles. The predicted molar refractivity (Wildman–Crippen MR) is 182 cm³/mol. The highest BCUT2D eigenvalue weighted by Gasteiger charge is 2.40. The summed E-state index contributed by atoms with van der Waals surface area (Å²) in [5.41, 5.74) is 12.5. The number of esters is 1. The Kier molecular flexibility index (Phi) is 8.32. The summed E-state index contributed by atoms with van der Waals surface area (Å²) in [5, 5.41) is 8.32. The molecule has 4 N–H and O–H groups in total. The van der Waals surface area contributed by atoms with Crippen LogP contribution in [0, 0.1) is 25.7 Å². The summed E-state index contributed by atoms with van der Waals surface area (Å²) in [4.78, 5) is 46.5. The van der Waals surface area contributed by atoms with Gasteiger partial charge in [-0.3, -0.25) is 9.59 Å². The molecule has 2 aromatic carbocycles. The summed E-state index contributed by atoms with van der Waals surface area (Å²) in [6, 6.07) is 13.0. The Morgan fingerprint density at radius 3 is 2.51 bits per heavy atom. The average Bonchev–Trinajstić information content (AvgIpc) is 3.81. The predicted octanol–water partition coefficient (Wildman–Crippen LogP) is 6.44. The SMILES string of the molecule is COC(=O)c1nc(C(=O)N[C@H]2C[C@@H]3CC[C@H]2C3)ccc1-c1cc2c(cc1C(=O)Nc1c(C)cc(CN)cc1C)-c1sccc1CCO2. The molecule has 2 saturated carbocycles. The number of hydrogen-bond donors (Lipinski definition) is 3. The Hall–Kier alpha value is -4.54. The van der Waals surface area contributed by atoms with Crippen molar-refractivity contribution in [2.24, 2.45) is 17.6 Å². The highest BCUT2D eigenvalue weighted by Crippen LogP contribution is 2.45. The summed E-state index contributed by atoms with van der Waals surface area (Å²) in [7, 11) is 1.28. The third kappa shape index (κ3) is 5.80. The number of methoxy groups -OCH3 is 1. The van der Waals surface area contributed by atoms with Crippen LogP contribution in [0.15, 0.2) is 47.8 Å². The molecule has 1 aliphatic heterocycles. The van der Waals surface area contributed by atoms with Crippen molar-refractivity contribution in [3.05, 3.63) is 87.0 Å². The Bertz CT molecular complexity index is 1890. The number of nitrogens with one attached hydrogen (secondary N) is 2. The number of nitrogens with zero attached hydrogens (tertiary/aromatic N) is 1. The topological polar surface area (TPSA) is 133 Å². The van der Waals surface area contributed by atoms with E-state index in [1.165, 1.54) is 13.5 Å². The highest BCUT2D eigenvalue weighted by molar-refractivity contribution is 7.13. The number of fused-ring (bicyclic) bond motifs is 5. The normalized spacial score (nSPS) is 19.3. The largest absolute Gasteiger partial charge is 0.493 e. The van der Waals surface area contributed by atoms with E-state index in [9.17, 15) is 14.4 Å². The first-order valence-corrected chi connectivity index (χ1v) is 17.0. The van der Waals surface area contributed by atoms with E-state index >= 15 is 0 Å². The Balaban J connectivity index is 1.33. The lowest BCUT2D eigenvalue weighted by Crippen LogP contribution is -2.39. The van der Waals surface area contributed by atoms with E-state index in [0.717, 1.165) is 58.4 Å². The second-order valence-corrected chi connectivity index (χ2v) is 13.8. The molecule has 242 valence electrons. The molecule has 2 aromatic heterocycles. The van der Waals surface area contributed by atoms with E-state index in [0.29, 0.717) is 53.1 Å². The summed E-state index contributed by atoms with van der Waals surface area (Å²) < 4.78 is 11.4. The van der Waals surface area contributed by atoms with Gasteiger partial charge in [-0.1, -0.05) is 18.6 Å². The van der Waals surface area contributed by atoms with Crippen molar-refractivity contribution in [2.75, 3.05) is 19.0 Å². The molecular weight excluding hydrogens is 612 g/mol. The minimum atomic E-state index is -0.707. The number of amides is 2. The standard InChI is InChI=1S/C37H38N4O5S/c1-19-12-22(18-38)13-20(2)32(19)41-35(42)27-16-28-31(46-10-8-23-9-11-47-34(23)28)17-26(27)25-6-7-29(39-33(25)37(44)45-3)36(43)40-30-15-21-4-5-24(30)14-21/h6-7,9,11-13,16-17,21,24,30H,4-5,8,10,14-15,18,38H2,1-3H3,(H,40,43)(H,41,42)/t21-,24+,30+/m1/s1. The Labute approximate surface area is 277 Å². The third-order valence-corrected chi connectivity index (χ3v) is 10.9. The molecule has 7 rings (SSSR count). The molecule has 10 heteroatoms. The number of aryl methyl sites for hydroxylation is 2. The van der Waals surface area contributed by atoms with Crippen LogP contribution in [-0.4, -0.2) is 42.5 Å². The van der Waals surface area contributed by atoms with E-state index in [-0.39, 0.29) is 29.2 Å². The maximum Gasteiger partial charge on any atom is 0.357 e. The fourth-order valence-electron chi connectivity index (χ4n) is 7.60. The van der Waals surface area contributed by atoms with Gasteiger partial charge < -0.3 is 25.8 Å². The van der Waals surface area contributed by atoms with Gasteiger partial charge >= 0.3 is 5.97 Å². The Morgan fingerprint density at radius 2 is 1.81 bits per heavy atom. The zero-order valence-electron chi connectivity index (χ0n) is 26.8. The molecule has 3 aliphatic rings. The number of anilines is 1. The number of nitrogens with two attached hydrogens (primary N) is 1. The van der Waals surface area contributed by atoms with Crippen LogP contribution in [0.4, 0.5) is 5.69 Å². The van der Waals surface area contributed by atoms with E-state index < -0.39 is 5.97 Å². The second-order valence-electron chi connectivity index (χ2n) is 12.9. The van der Waals surface area contributed by atoms with E-state index in [4.69, 9.17) is 15.2 Å². The van der Waals surface area contributed by atoms with Crippen molar-refractivity contribution in [2.45, 2.75) is 58.5 Å². The van der Waals surface area contributed by atoms with Gasteiger partial charge in [0.05, 0.1) is 13.7 Å². The van der Waals surface area contributed by atoms with Crippen LogP contribution in [-0.2, 0) is 17.7 Å². The number of pyridine rings is 1. The zero-order chi connectivity index (χ0) is 32.8. The fraction of sp³-hybridized carbons (Fsp3) is 0.351. The van der Waals surface area contributed by atoms with Crippen LogP contribution in [0.3, 0.4) is 0 Å². The molecule has 3 atom stereocenters. The molecule has 0 spiro atoms. The quantitative estimate of drug-likeness (QED) is 0.196. The van der Waals surface area contributed by atoms with Gasteiger partial charge in [0.1, 0.15) is 11.4 Å². The maximum absolute atomic E-state index is 14.3. The van der Waals surface area contributed by atoms with E-state index in [2.05, 4.69) is 21.7 Å². The molecule has 0 unspecified atom stereocenters. The number of carbonyl (C=O) groups excluding carboxylic acids is 3. The summed E-state index contributed by atoms with van der Waals surface area (Å²) in [5.74, 6) is 0.382. The number of benzene rings is 2. The first-order chi connectivity index (χ1) is 22.7. The van der Waals surface area contributed by atoms with E-state index in [1.54, 1.807) is 29.5 Å². The smallest absolute Gasteiger partial charge is 0.357 e. The first-order valence-electron chi connectivity index (χ1n) is 16.1. The van der Waals surface area contributed by atoms with Gasteiger partial charge in [0.25, 0.3) is 11.8 Å². The van der Waals surface area contributed by atoms with Crippen LogP contribution in [0.2, 0.25) is 0 Å². The lowest BCUT2D eigenvalue weighted by atomic mass is 9.93. The van der Waals surface area contributed by atoms with Crippen molar-refractivity contribution in [1.29, 1.82) is 0 Å². The van der Waals surface area contributed by atoms with E-state index in [1.807, 2.05) is 37.4 Å². The lowest BCUT2D eigenvalue weighted by Gasteiger charge is -2.23. The van der Waals surface area contributed by atoms with Crippen molar-refractivity contribution in [3.8, 4) is 27.3 Å². The molecule has 2 fully saturated rings. The van der Waals surface area contributed by atoms with Crippen molar-refractivity contribution >= 4 is 34.8 Å². The molecular formula is C37H38N4O5S. The molecule has 47 heavy (non-hydrogen) atoms. The molecule has 0 radical (unpaired) electrons. The van der Waals surface area contributed by atoms with Gasteiger partial charge in [-0.2, -0.15) is 0 Å². The van der Waals surface area contributed by atoms with Gasteiger partial charge in [0.15, 0.2) is 5.69 Å². The molecule has 9 nitrogen and oxygen atoms in total. The molecule has 3 heterocycles. The number of hydrogen-bond acceptors (Lipinski definition) is 8. The first kappa shape index (κ1) is 31.1. The van der Waals surface area contributed by atoms with Gasteiger partial charge in [0.2, 0.25) is 0 Å². The van der Waals surface area contributed by atoms with Gasteiger partial charge in [-0.15, -0.1) is 11.3 Å². The second kappa shape index (κ2) is 12.6. The zero-order valence-corrected chi connectivity index (χ0v) is 27.6. The monoisotopic (exact) mass is 650 g/mol.